The molecule has 0 atom stereocenters. The van der Waals surface area contributed by atoms with Gasteiger partial charge in [0.2, 0.25) is 0 Å². The van der Waals surface area contributed by atoms with Crippen molar-refractivity contribution in [1.29, 1.82) is 0 Å². The minimum absolute atomic E-state index is 0.0285. The van der Waals surface area contributed by atoms with Crippen LogP contribution in [0.3, 0.4) is 0 Å². The van der Waals surface area contributed by atoms with E-state index in [9.17, 15) is 19.2 Å². The molecule has 0 spiro atoms. The second-order valence-electron chi connectivity index (χ2n) is 6.25. The molecule has 2 aliphatic heterocycles. The van der Waals surface area contributed by atoms with Crippen LogP contribution in [0.5, 0.6) is 0 Å². The van der Waals surface area contributed by atoms with Crippen molar-refractivity contribution in [3.05, 3.63) is 70.6 Å². The predicted octanol–water partition coefficient (Wildman–Crippen LogP) is 2.72. The van der Waals surface area contributed by atoms with E-state index in [2.05, 4.69) is 0 Å². The van der Waals surface area contributed by atoms with Crippen LogP contribution in [0.15, 0.2) is 59.5 Å². The molecule has 0 unspecified atom stereocenters. The Labute approximate surface area is 164 Å². The summed E-state index contributed by atoms with van der Waals surface area (Å²) < 4.78 is 0. The van der Waals surface area contributed by atoms with Crippen molar-refractivity contribution < 1.29 is 24.3 Å². The quantitative estimate of drug-likeness (QED) is 0.802. The van der Waals surface area contributed by atoms with Crippen molar-refractivity contribution in [1.82, 2.24) is 4.90 Å². The van der Waals surface area contributed by atoms with Crippen LogP contribution in [0, 0.1) is 0 Å². The zero-order chi connectivity index (χ0) is 19.8. The summed E-state index contributed by atoms with van der Waals surface area (Å²) in [5, 5.41) is 8.24. The number of hydrogen-bond acceptors (Lipinski definition) is 5. The molecule has 7 nitrogen and oxygen atoms in total. The Kier molecular flexibility index (Phi) is 4.48. The number of anilines is 1. The van der Waals surface area contributed by atoms with Crippen molar-refractivity contribution >= 4 is 46.0 Å². The van der Waals surface area contributed by atoms with Gasteiger partial charge in [-0.15, -0.1) is 0 Å². The zero-order valence-corrected chi connectivity index (χ0v) is 15.3. The number of hydrogen-bond donors (Lipinski definition) is 1. The molecular formula is C20H14N2O5S. The highest BCUT2D eigenvalue weighted by Gasteiger charge is 2.43. The van der Waals surface area contributed by atoms with Crippen LogP contribution in [0.2, 0.25) is 0 Å². The lowest BCUT2D eigenvalue weighted by Gasteiger charge is -2.17. The van der Waals surface area contributed by atoms with E-state index in [1.165, 1.54) is 0 Å². The number of amides is 3. The standard InChI is InChI=1S/C20H14N2O5S/c23-15(24)11-22-19(26)17(28-20(22)27)16-13-8-4-5-9-14(13)21(18(16)25)10-12-6-2-1-3-7-12/h1-9H,10-11H2,(H,23,24)/b17-16-. The maximum atomic E-state index is 13.2. The largest absolute Gasteiger partial charge is 0.480 e. The maximum Gasteiger partial charge on any atom is 0.323 e. The lowest BCUT2D eigenvalue weighted by Crippen LogP contribution is -2.33. The fourth-order valence-corrected chi connectivity index (χ4v) is 4.17. The zero-order valence-electron chi connectivity index (χ0n) is 14.5. The summed E-state index contributed by atoms with van der Waals surface area (Å²) in [5.74, 6) is -2.43. The molecule has 28 heavy (non-hydrogen) atoms. The summed E-state index contributed by atoms with van der Waals surface area (Å²) >= 11 is 0.603. The van der Waals surface area contributed by atoms with Crippen LogP contribution < -0.4 is 4.90 Å². The minimum atomic E-state index is -1.29. The monoisotopic (exact) mass is 394 g/mol. The first-order valence-electron chi connectivity index (χ1n) is 8.42. The van der Waals surface area contributed by atoms with Crippen LogP contribution >= 0.6 is 11.8 Å². The first-order valence-corrected chi connectivity index (χ1v) is 9.24. The fraction of sp³-hybridized carbons (Fsp3) is 0.100. The van der Waals surface area contributed by atoms with Crippen LogP contribution in [-0.4, -0.2) is 39.6 Å². The first kappa shape index (κ1) is 18.0. The minimum Gasteiger partial charge on any atom is -0.480 e. The van der Waals surface area contributed by atoms with Gasteiger partial charge in [-0.2, -0.15) is 0 Å². The number of thioether (sulfide) groups is 1. The van der Waals surface area contributed by atoms with Crippen molar-refractivity contribution in [2.75, 3.05) is 11.4 Å². The number of imide groups is 1. The van der Waals surface area contributed by atoms with Gasteiger partial charge in [0.15, 0.2) is 0 Å². The molecule has 0 aromatic heterocycles. The summed E-state index contributed by atoms with van der Waals surface area (Å²) in [4.78, 5) is 51.1. The van der Waals surface area contributed by atoms with Crippen LogP contribution in [-0.2, 0) is 20.9 Å². The number of para-hydroxylation sites is 1. The van der Waals surface area contributed by atoms with Gasteiger partial charge < -0.3 is 10.0 Å². The molecule has 1 fully saturated rings. The molecule has 8 heteroatoms. The predicted molar refractivity (Wildman–Crippen MR) is 103 cm³/mol. The second kappa shape index (κ2) is 6.97. The SMILES string of the molecule is O=C(O)CN1C(=O)S/C(=C2\C(=O)N(Cc3ccccc3)c3ccccc32)C1=O. The summed E-state index contributed by atoms with van der Waals surface area (Å²) in [6, 6.07) is 16.5. The lowest BCUT2D eigenvalue weighted by atomic mass is 10.1. The molecule has 3 amide bonds. The average Bonchev–Trinajstić information content (AvgIpc) is 3.10. The Hall–Kier alpha value is -3.39. The number of benzene rings is 2. The maximum absolute atomic E-state index is 13.2. The Balaban J connectivity index is 1.77. The molecular weight excluding hydrogens is 380 g/mol. The van der Waals surface area contributed by atoms with Gasteiger partial charge in [0.1, 0.15) is 6.54 Å². The molecule has 4 rings (SSSR count). The fourth-order valence-electron chi connectivity index (χ4n) is 3.24. The van der Waals surface area contributed by atoms with Gasteiger partial charge in [0.25, 0.3) is 17.1 Å². The van der Waals surface area contributed by atoms with Crippen molar-refractivity contribution in [3.63, 3.8) is 0 Å². The van der Waals surface area contributed by atoms with Crippen LogP contribution in [0.1, 0.15) is 11.1 Å². The Morgan fingerprint density at radius 2 is 1.57 bits per heavy atom. The topological polar surface area (TPSA) is 95.0 Å². The van der Waals surface area contributed by atoms with Gasteiger partial charge >= 0.3 is 5.97 Å². The Morgan fingerprint density at radius 3 is 2.29 bits per heavy atom. The van der Waals surface area contributed by atoms with Gasteiger partial charge in [-0.3, -0.25) is 24.1 Å². The van der Waals surface area contributed by atoms with E-state index >= 15 is 0 Å². The number of carboxylic acid groups (broad SMARTS) is 1. The number of fused-ring (bicyclic) bond motifs is 1. The summed E-state index contributed by atoms with van der Waals surface area (Å²) in [6.45, 7) is -0.413. The molecule has 1 saturated heterocycles. The molecule has 2 heterocycles. The van der Waals surface area contributed by atoms with Gasteiger partial charge in [-0.1, -0.05) is 48.5 Å². The summed E-state index contributed by atoms with van der Waals surface area (Å²) in [7, 11) is 0. The molecule has 140 valence electrons. The van der Waals surface area contributed by atoms with Gasteiger partial charge in [-0.25, -0.2) is 0 Å². The highest BCUT2D eigenvalue weighted by molar-refractivity contribution is 8.18. The van der Waals surface area contributed by atoms with Crippen molar-refractivity contribution in [2.45, 2.75) is 6.54 Å². The number of carbonyl (C=O) groups excluding carboxylic acids is 3. The van der Waals surface area contributed by atoms with E-state index in [0.717, 1.165) is 5.56 Å². The normalized spacial score (nSPS) is 18.8. The number of carbonyl (C=O) groups is 4. The van der Waals surface area contributed by atoms with E-state index in [1.807, 2.05) is 30.3 Å². The Morgan fingerprint density at radius 1 is 0.893 bits per heavy atom. The highest BCUT2D eigenvalue weighted by atomic mass is 32.2. The third-order valence-corrected chi connectivity index (χ3v) is 5.45. The molecule has 0 saturated carbocycles. The molecule has 2 aromatic rings. The molecule has 0 aliphatic carbocycles. The van der Waals surface area contributed by atoms with E-state index in [-0.39, 0.29) is 16.4 Å². The molecule has 0 radical (unpaired) electrons. The van der Waals surface area contributed by atoms with E-state index in [0.29, 0.717) is 34.5 Å². The van der Waals surface area contributed by atoms with Gasteiger partial charge in [0.05, 0.1) is 22.7 Å². The highest BCUT2D eigenvalue weighted by Crippen LogP contribution is 2.44. The molecule has 2 aliphatic rings. The summed E-state index contributed by atoms with van der Waals surface area (Å²) in [5.41, 5.74) is 2.27. The first-order chi connectivity index (χ1) is 13.5. The van der Waals surface area contributed by atoms with Crippen LogP contribution in [0.4, 0.5) is 10.5 Å². The second-order valence-corrected chi connectivity index (χ2v) is 7.21. The number of aliphatic carboxylic acids is 1. The van der Waals surface area contributed by atoms with Crippen LogP contribution in [0.25, 0.3) is 5.57 Å². The number of nitrogens with zero attached hydrogens (tertiary/aromatic N) is 2. The smallest absolute Gasteiger partial charge is 0.323 e. The third kappa shape index (κ3) is 2.97. The van der Waals surface area contributed by atoms with Gasteiger partial charge in [-0.05, 0) is 23.4 Å². The van der Waals surface area contributed by atoms with E-state index in [4.69, 9.17) is 5.11 Å². The van der Waals surface area contributed by atoms with Gasteiger partial charge in [0, 0.05) is 5.56 Å². The van der Waals surface area contributed by atoms with E-state index < -0.39 is 23.7 Å². The number of rotatable bonds is 4. The molecule has 2 aromatic carbocycles. The average molecular weight is 394 g/mol. The van der Waals surface area contributed by atoms with Crippen molar-refractivity contribution in [3.8, 4) is 0 Å². The summed E-state index contributed by atoms with van der Waals surface area (Å²) in [6.07, 6.45) is 0. The number of carboxylic acids is 1. The van der Waals surface area contributed by atoms with E-state index in [1.54, 1.807) is 29.2 Å². The molecule has 1 N–H and O–H groups in total. The van der Waals surface area contributed by atoms with Crippen molar-refractivity contribution in [2.24, 2.45) is 0 Å². The molecule has 0 bridgehead atoms. The third-order valence-electron chi connectivity index (χ3n) is 4.48. The lowest BCUT2D eigenvalue weighted by molar-refractivity contribution is -0.140. The Bertz CT molecular complexity index is 1050.